The maximum atomic E-state index is 12.3. The predicted molar refractivity (Wildman–Crippen MR) is 99.1 cm³/mol. The fourth-order valence-electron chi connectivity index (χ4n) is 2.21. The second kappa shape index (κ2) is 8.58. The van der Waals surface area contributed by atoms with E-state index in [1.54, 1.807) is 36.4 Å². The summed E-state index contributed by atoms with van der Waals surface area (Å²) in [5.41, 5.74) is 0.742. The van der Waals surface area contributed by atoms with Gasteiger partial charge in [0.05, 0.1) is 18.9 Å². The van der Waals surface area contributed by atoms with Crippen LogP contribution < -0.4 is 14.8 Å². The number of methoxy groups -OCH3 is 1. The third-order valence-corrected chi connectivity index (χ3v) is 3.38. The summed E-state index contributed by atoms with van der Waals surface area (Å²) in [7, 11) is 1.52. The maximum absolute atomic E-state index is 12.3. The number of carbonyl (C=O) groups is 1. The van der Waals surface area contributed by atoms with Gasteiger partial charge in [0.2, 0.25) is 0 Å². The van der Waals surface area contributed by atoms with Crippen molar-refractivity contribution in [2.24, 2.45) is 0 Å². The summed E-state index contributed by atoms with van der Waals surface area (Å²) < 4.78 is 10.9. The van der Waals surface area contributed by atoms with E-state index in [4.69, 9.17) is 9.47 Å². The van der Waals surface area contributed by atoms with Crippen LogP contribution in [0, 0.1) is 11.3 Å². The predicted octanol–water partition coefficient (Wildman–Crippen LogP) is 3.73. The van der Waals surface area contributed by atoms with Crippen LogP contribution in [-0.2, 0) is 4.79 Å². The molecule has 2 rings (SSSR count). The van der Waals surface area contributed by atoms with E-state index in [1.807, 2.05) is 19.9 Å². The van der Waals surface area contributed by atoms with Gasteiger partial charge < -0.3 is 19.9 Å². The fraction of sp³-hybridized carbons (Fsp3) is 0.200. The first-order valence-electron chi connectivity index (χ1n) is 8.00. The van der Waals surface area contributed by atoms with Gasteiger partial charge in [0, 0.05) is 0 Å². The molecule has 134 valence electrons. The first kappa shape index (κ1) is 18.9. The molecule has 0 aliphatic heterocycles. The molecular formula is C20H20N2O4. The van der Waals surface area contributed by atoms with Crippen LogP contribution in [0.1, 0.15) is 19.4 Å². The number of aromatic hydroxyl groups is 1. The van der Waals surface area contributed by atoms with Crippen LogP contribution in [0.5, 0.6) is 17.2 Å². The summed E-state index contributed by atoms with van der Waals surface area (Å²) in [6.07, 6.45) is 1.43. The highest BCUT2D eigenvalue weighted by Gasteiger charge is 2.13. The molecule has 0 saturated heterocycles. The molecule has 2 aromatic carbocycles. The van der Waals surface area contributed by atoms with Gasteiger partial charge in [-0.05, 0) is 49.8 Å². The van der Waals surface area contributed by atoms with E-state index in [0.717, 1.165) is 0 Å². The second-order valence-electron chi connectivity index (χ2n) is 5.72. The number of amides is 1. The van der Waals surface area contributed by atoms with E-state index in [1.165, 1.54) is 19.3 Å². The number of nitriles is 1. The molecule has 6 heteroatoms. The van der Waals surface area contributed by atoms with Crippen LogP contribution in [0.15, 0.2) is 48.0 Å². The van der Waals surface area contributed by atoms with E-state index in [2.05, 4.69) is 5.32 Å². The molecule has 6 nitrogen and oxygen atoms in total. The van der Waals surface area contributed by atoms with Crippen LogP contribution in [0.4, 0.5) is 5.69 Å². The van der Waals surface area contributed by atoms with Gasteiger partial charge in [0.25, 0.3) is 5.91 Å². The van der Waals surface area contributed by atoms with E-state index in [-0.39, 0.29) is 23.1 Å². The molecular weight excluding hydrogens is 332 g/mol. The molecule has 0 spiro atoms. The summed E-state index contributed by atoms with van der Waals surface area (Å²) in [6.45, 7) is 3.81. The Labute approximate surface area is 152 Å². The molecule has 0 radical (unpaired) electrons. The number of hydrogen-bond donors (Lipinski definition) is 2. The van der Waals surface area contributed by atoms with Crippen LogP contribution >= 0.6 is 0 Å². The number of phenols is 1. The normalized spacial score (nSPS) is 11.0. The minimum atomic E-state index is -0.615. The number of phenolic OH excluding ortho intramolecular Hbond substituents is 1. The minimum absolute atomic E-state index is 0.00992. The zero-order chi connectivity index (χ0) is 19.1. The average molecular weight is 352 g/mol. The lowest BCUT2D eigenvalue weighted by molar-refractivity contribution is -0.112. The first-order valence-corrected chi connectivity index (χ1v) is 8.00. The van der Waals surface area contributed by atoms with Crippen molar-refractivity contribution < 1.29 is 19.4 Å². The van der Waals surface area contributed by atoms with Gasteiger partial charge in [-0.3, -0.25) is 4.79 Å². The number of benzene rings is 2. The Bertz CT molecular complexity index is 866. The molecule has 2 N–H and O–H groups in total. The number of anilines is 1. The maximum Gasteiger partial charge on any atom is 0.266 e. The van der Waals surface area contributed by atoms with Crippen molar-refractivity contribution in [2.45, 2.75) is 20.0 Å². The molecule has 0 heterocycles. The molecule has 26 heavy (non-hydrogen) atoms. The number of nitrogens with zero attached hydrogens (tertiary/aromatic N) is 1. The van der Waals surface area contributed by atoms with Gasteiger partial charge in [-0.1, -0.05) is 18.2 Å². The highest BCUT2D eigenvalue weighted by molar-refractivity contribution is 6.10. The summed E-state index contributed by atoms with van der Waals surface area (Å²) in [5.74, 6) is 0.396. The quantitative estimate of drug-likeness (QED) is 0.469. The van der Waals surface area contributed by atoms with Crippen LogP contribution in [0.25, 0.3) is 6.08 Å². The van der Waals surface area contributed by atoms with Crippen molar-refractivity contribution >= 4 is 17.7 Å². The Balaban J connectivity index is 2.26. The van der Waals surface area contributed by atoms with Crippen molar-refractivity contribution in [1.29, 1.82) is 5.26 Å². The van der Waals surface area contributed by atoms with Crippen molar-refractivity contribution in [3.8, 4) is 23.3 Å². The van der Waals surface area contributed by atoms with E-state index < -0.39 is 5.91 Å². The van der Waals surface area contributed by atoms with Crippen molar-refractivity contribution in [3.63, 3.8) is 0 Å². The average Bonchev–Trinajstić information content (AvgIpc) is 2.62. The highest BCUT2D eigenvalue weighted by atomic mass is 16.5. The topological polar surface area (TPSA) is 91.6 Å². The molecule has 0 aliphatic carbocycles. The molecule has 0 atom stereocenters. The third kappa shape index (κ3) is 4.77. The number of ether oxygens (including phenoxy) is 2. The Kier molecular flexibility index (Phi) is 6.23. The van der Waals surface area contributed by atoms with Crippen molar-refractivity contribution in [2.75, 3.05) is 12.4 Å². The standard InChI is InChI=1S/C20H20N2O4/c1-13(2)26-18-9-8-14(11-19(18)25-3)10-15(12-21)20(24)22-16-6-4-5-7-17(16)23/h4-11,13,23H,1-3H3,(H,22,24). The van der Waals surface area contributed by atoms with Gasteiger partial charge >= 0.3 is 0 Å². The van der Waals surface area contributed by atoms with Gasteiger partial charge in [0.1, 0.15) is 17.4 Å². The lowest BCUT2D eigenvalue weighted by Gasteiger charge is -2.14. The molecule has 0 unspecified atom stereocenters. The van der Waals surface area contributed by atoms with Gasteiger partial charge in [-0.15, -0.1) is 0 Å². The zero-order valence-electron chi connectivity index (χ0n) is 14.8. The summed E-state index contributed by atoms with van der Waals surface area (Å²) >= 11 is 0. The lowest BCUT2D eigenvalue weighted by atomic mass is 10.1. The molecule has 0 fully saturated rings. The lowest BCUT2D eigenvalue weighted by Crippen LogP contribution is -2.13. The number of carbonyl (C=O) groups excluding carboxylic acids is 1. The van der Waals surface area contributed by atoms with Crippen LogP contribution in [0.2, 0.25) is 0 Å². The summed E-state index contributed by atoms with van der Waals surface area (Å²) in [5, 5.41) is 21.5. The first-order chi connectivity index (χ1) is 12.4. The summed E-state index contributed by atoms with van der Waals surface area (Å²) in [4.78, 5) is 12.3. The molecule has 0 bridgehead atoms. The van der Waals surface area contributed by atoms with E-state index >= 15 is 0 Å². The Morgan fingerprint density at radius 3 is 2.58 bits per heavy atom. The number of nitrogens with one attached hydrogen (secondary N) is 1. The second-order valence-corrected chi connectivity index (χ2v) is 5.72. The zero-order valence-corrected chi connectivity index (χ0v) is 14.8. The monoisotopic (exact) mass is 352 g/mol. The van der Waals surface area contributed by atoms with Crippen molar-refractivity contribution in [3.05, 3.63) is 53.6 Å². The van der Waals surface area contributed by atoms with E-state index in [0.29, 0.717) is 17.1 Å². The molecule has 0 saturated carbocycles. The Hall–Kier alpha value is -3.46. The Morgan fingerprint density at radius 2 is 1.96 bits per heavy atom. The molecule has 0 aliphatic rings. The highest BCUT2D eigenvalue weighted by Crippen LogP contribution is 2.30. The minimum Gasteiger partial charge on any atom is -0.506 e. The van der Waals surface area contributed by atoms with Gasteiger partial charge in [0.15, 0.2) is 11.5 Å². The van der Waals surface area contributed by atoms with Gasteiger partial charge in [-0.25, -0.2) is 0 Å². The summed E-state index contributed by atoms with van der Waals surface area (Å²) in [6, 6.07) is 13.3. The fourth-order valence-corrected chi connectivity index (χ4v) is 2.21. The molecule has 0 aromatic heterocycles. The van der Waals surface area contributed by atoms with Crippen LogP contribution in [0.3, 0.4) is 0 Å². The number of hydrogen-bond acceptors (Lipinski definition) is 5. The van der Waals surface area contributed by atoms with Crippen LogP contribution in [-0.4, -0.2) is 24.2 Å². The third-order valence-electron chi connectivity index (χ3n) is 3.38. The molecule has 1 amide bonds. The largest absolute Gasteiger partial charge is 0.506 e. The molecule has 2 aromatic rings. The van der Waals surface area contributed by atoms with Gasteiger partial charge in [-0.2, -0.15) is 5.26 Å². The van der Waals surface area contributed by atoms with Crippen molar-refractivity contribution in [1.82, 2.24) is 0 Å². The Morgan fingerprint density at radius 1 is 1.23 bits per heavy atom. The SMILES string of the molecule is COc1cc(C=C(C#N)C(=O)Nc2ccccc2O)ccc1OC(C)C. The number of rotatable bonds is 6. The number of para-hydroxylation sites is 2. The van der Waals surface area contributed by atoms with E-state index in [9.17, 15) is 15.2 Å². The smallest absolute Gasteiger partial charge is 0.266 e.